The molecule has 0 aliphatic carbocycles. The van der Waals surface area contributed by atoms with Crippen LogP contribution in [0.2, 0.25) is 0 Å². The number of anilines is 1. The molecule has 1 heterocycles. The molecular formula is C23H26N2O5. The Morgan fingerprint density at radius 2 is 1.80 bits per heavy atom. The lowest BCUT2D eigenvalue weighted by Crippen LogP contribution is -2.25. The number of H-pyrrole nitrogens is 1. The molecule has 2 N–H and O–H groups in total. The molecule has 3 aromatic rings. The van der Waals surface area contributed by atoms with Crippen molar-refractivity contribution in [3.05, 3.63) is 42.1 Å². The van der Waals surface area contributed by atoms with Gasteiger partial charge in [0.05, 0.1) is 18.4 Å². The number of nitrogens with zero attached hydrogens (tertiary/aromatic N) is 1. The molecule has 0 atom stereocenters. The van der Waals surface area contributed by atoms with E-state index in [-0.39, 0.29) is 30.1 Å². The summed E-state index contributed by atoms with van der Waals surface area (Å²) in [5, 5.41) is 11.3. The van der Waals surface area contributed by atoms with Gasteiger partial charge in [0.25, 0.3) is 0 Å². The summed E-state index contributed by atoms with van der Waals surface area (Å²) in [5.41, 5.74) is 2.37. The van der Waals surface area contributed by atoms with E-state index in [1.807, 2.05) is 38.1 Å². The minimum absolute atomic E-state index is 0.0349. The van der Waals surface area contributed by atoms with E-state index in [0.29, 0.717) is 27.9 Å². The number of phenolic OH excluding ortho intramolecular Hbond substituents is 1. The number of aromatic hydroxyl groups is 1. The van der Waals surface area contributed by atoms with Gasteiger partial charge in [-0.15, -0.1) is 0 Å². The number of aromatic amines is 1. The molecule has 0 spiro atoms. The molecule has 0 aliphatic rings. The molecule has 1 aromatic heterocycles. The monoisotopic (exact) mass is 410 g/mol. The number of carbonyl (C=O) groups excluding carboxylic acids is 2. The summed E-state index contributed by atoms with van der Waals surface area (Å²) in [6.45, 7) is 7.22. The maximum absolute atomic E-state index is 12.6. The van der Waals surface area contributed by atoms with Crippen molar-refractivity contribution in [3.8, 4) is 22.6 Å². The molecule has 0 unspecified atom stereocenters. The highest BCUT2D eigenvalue weighted by molar-refractivity contribution is 6.16. The van der Waals surface area contributed by atoms with Gasteiger partial charge in [-0.05, 0) is 50.6 Å². The average Bonchev–Trinajstić information content (AvgIpc) is 3.07. The summed E-state index contributed by atoms with van der Waals surface area (Å²) in [4.78, 5) is 29.2. The summed E-state index contributed by atoms with van der Waals surface area (Å²) < 4.78 is 10.9. The third kappa shape index (κ3) is 3.96. The Morgan fingerprint density at radius 3 is 2.37 bits per heavy atom. The van der Waals surface area contributed by atoms with E-state index in [0.717, 1.165) is 5.56 Å². The van der Waals surface area contributed by atoms with E-state index in [9.17, 15) is 14.7 Å². The van der Waals surface area contributed by atoms with Crippen molar-refractivity contribution in [2.45, 2.75) is 33.8 Å². The van der Waals surface area contributed by atoms with Gasteiger partial charge in [0, 0.05) is 30.4 Å². The van der Waals surface area contributed by atoms with Crippen LogP contribution in [0.1, 0.15) is 38.2 Å². The van der Waals surface area contributed by atoms with E-state index < -0.39 is 5.97 Å². The van der Waals surface area contributed by atoms with Gasteiger partial charge in [0.2, 0.25) is 5.91 Å². The fraction of sp³-hybridized carbons (Fsp3) is 0.304. The number of phenols is 1. The first-order chi connectivity index (χ1) is 14.2. The zero-order valence-electron chi connectivity index (χ0n) is 17.8. The third-order valence-electron chi connectivity index (χ3n) is 4.72. The number of ether oxygens (including phenoxy) is 2. The molecule has 1 amide bonds. The van der Waals surface area contributed by atoms with Crippen LogP contribution >= 0.6 is 0 Å². The molecule has 0 saturated heterocycles. The molecule has 0 saturated carbocycles. The van der Waals surface area contributed by atoms with Crippen LogP contribution in [0.25, 0.3) is 22.0 Å². The van der Waals surface area contributed by atoms with Gasteiger partial charge in [-0.2, -0.15) is 0 Å². The molecule has 7 nitrogen and oxygen atoms in total. The number of carbonyl (C=O) groups is 2. The average molecular weight is 410 g/mol. The van der Waals surface area contributed by atoms with Crippen LogP contribution in [0, 0.1) is 0 Å². The minimum atomic E-state index is -0.567. The molecule has 0 aliphatic heterocycles. The number of rotatable bonds is 6. The Hall–Kier alpha value is -3.48. The molecule has 3 rings (SSSR count). The number of fused-ring (bicyclic) bond motifs is 1. The minimum Gasteiger partial charge on any atom is -0.507 e. The Bertz CT molecular complexity index is 1080. The summed E-state index contributed by atoms with van der Waals surface area (Å²) >= 11 is 0. The lowest BCUT2D eigenvalue weighted by atomic mass is 9.98. The van der Waals surface area contributed by atoms with Crippen LogP contribution in [-0.4, -0.2) is 41.7 Å². The van der Waals surface area contributed by atoms with Gasteiger partial charge in [-0.3, -0.25) is 4.79 Å². The zero-order chi connectivity index (χ0) is 22.0. The fourth-order valence-electron chi connectivity index (χ4n) is 3.37. The first-order valence-corrected chi connectivity index (χ1v) is 9.80. The Morgan fingerprint density at radius 1 is 1.13 bits per heavy atom. The quantitative estimate of drug-likeness (QED) is 0.584. The highest BCUT2D eigenvalue weighted by atomic mass is 16.5. The van der Waals surface area contributed by atoms with Crippen molar-refractivity contribution < 1.29 is 24.2 Å². The predicted molar refractivity (Wildman–Crippen MR) is 116 cm³/mol. The van der Waals surface area contributed by atoms with Crippen LogP contribution in [0.3, 0.4) is 0 Å². The lowest BCUT2D eigenvalue weighted by Gasteiger charge is -2.18. The fourth-order valence-corrected chi connectivity index (χ4v) is 3.37. The number of aromatic nitrogens is 1. The Labute approximate surface area is 175 Å². The summed E-state index contributed by atoms with van der Waals surface area (Å²) in [7, 11) is 1.58. The summed E-state index contributed by atoms with van der Waals surface area (Å²) in [6.07, 6.45) is 0.0420. The predicted octanol–water partition coefficient (Wildman–Crippen LogP) is 4.49. The summed E-state index contributed by atoms with van der Waals surface area (Å²) in [6, 6.07) is 10.5. The van der Waals surface area contributed by atoms with Crippen molar-refractivity contribution in [3.63, 3.8) is 0 Å². The second-order valence-corrected chi connectivity index (χ2v) is 7.22. The van der Waals surface area contributed by atoms with Gasteiger partial charge in [-0.25, -0.2) is 4.79 Å². The first kappa shape index (κ1) is 21.2. The van der Waals surface area contributed by atoms with Crippen molar-refractivity contribution in [1.82, 2.24) is 4.98 Å². The van der Waals surface area contributed by atoms with Crippen molar-refractivity contribution >= 4 is 28.5 Å². The van der Waals surface area contributed by atoms with Gasteiger partial charge >= 0.3 is 5.97 Å². The van der Waals surface area contributed by atoms with Crippen molar-refractivity contribution in [2.24, 2.45) is 0 Å². The molecule has 158 valence electrons. The SMILES string of the molecule is CCOC(=O)c1[nH]c2ccc(O)c(-c3ccc(OC(C)C)cc3)c2c1N(C)C(C)=O. The number of hydrogen-bond acceptors (Lipinski definition) is 5. The van der Waals surface area contributed by atoms with Crippen LogP contribution in [-0.2, 0) is 9.53 Å². The summed E-state index contributed by atoms with van der Waals surface area (Å²) in [5.74, 6) is -0.0743. The number of amides is 1. The van der Waals surface area contributed by atoms with E-state index in [2.05, 4.69) is 4.98 Å². The molecule has 7 heteroatoms. The van der Waals surface area contributed by atoms with Crippen LogP contribution in [0.4, 0.5) is 5.69 Å². The Balaban J connectivity index is 2.27. The van der Waals surface area contributed by atoms with Gasteiger partial charge in [0.1, 0.15) is 17.2 Å². The highest BCUT2D eigenvalue weighted by Gasteiger charge is 2.27. The third-order valence-corrected chi connectivity index (χ3v) is 4.72. The van der Waals surface area contributed by atoms with Gasteiger partial charge in [-0.1, -0.05) is 12.1 Å². The molecule has 0 radical (unpaired) electrons. The second-order valence-electron chi connectivity index (χ2n) is 7.22. The number of nitrogens with one attached hydrogen (secondary N) is 1. The second kappa shape index (κ2) is 8.49. The normalized spacial score (nSPS) is 11.0. The Kier molecular flexibility index (Phi) is 6.01. The molecule has 0 bridgehead atoms. The van der Waals surface area contributed by atoms with Crippen LogP contribution in [0.5, 0.6) is 11.5 Å². The van der Waals surface area contributed by atoms with Crippen molar-refractivity contribution in [2.75, 3.05) is 18.6 Å². The number of esters is 1. The zero-order valence-corrected chi connectivity index (χ0v) is 17.8. The van der Waals surface area contributed by atoms with E-state index >= 15 is 0 Å². The first-order valence-electron chi connectivity index (χ1n) is 9.80. The maximum Gasteiger partial charge on any atom is 0.356 e. The molecule has 30 heavy (non-hydrogen) atoms. The maximum atomic E-state index is 12.6. The molecule has 2 aromatic carbocycles. The topological polar surface area (TPSA) is 91.9 Å². The van der Waals surface area contributed by atoms with Crippen molar-refractivity contribution in [1.29, 1.82) is 0 Å². The highest BCUT2D eigenvalue weighted by Crippen LogP contribution is 2.43. The number of hydrogen-bond donors (Lipinski definition) is 2. The van der Waals surface area contributed by atoms with E-state index in [1.165, 1.54) is 11.8 Å². The largest absolute Gasteiger partial charge is 0.507 e. The molecular weight excluding hydrogens is 384 g/mol. The van der Waals surface area contributed by atoms with Crippen LogP contribution in [0.15, 0.2) is 36.4 Å². The molecule has 0 fully saturated rings. The van der Waals surface area contributed by atoms with E-state index in [4.69, 9.17) is 9.47 Å². The van der Waals surface area contributed by atoms with Gasteiger partial charge < -0.3 is 24.5 Å². The van der Waals surface area contributed by atoms with E-state index in [1.54, 1.807) is 26.1 Å². The van der Waals surface area contributed by atoms with Crippen LogP contribution < -0.4 is 9.64 Å². The van der Waals surface area contributed by atoms with Gasteiger partial charge in [0.15, 0.2) is 0 Å². The standard InChI is InChI=1S/C23H26N2O5/c1-6-29-23(28)21-22(25(5)14(4)26)20-17(24-21)11-12-18(27)19(20)15-7-9-16(10-8-15)30-13(2)3/h7-13,24,27H,6H2,1-5H3. The number of benzene rings is 2. The smallest absolute Gasteiger partial charge is 0.356 e. The lowest BCUT2D eigenvalue weighted by molar-refractivity contribution is -0.116.